The molecule has 0 aromatic heterocycles. The Hall–Kier alpha value is -1.30. The number of benzene rings is 1. The summed E-state index contributed by atoms with van der Waals surface area (Å²) in [6, 6.07) is 8.02. The normalized spacial score (nSPS) is 10.0. The molecule has 0 unspecified atom stereocenters. The maximum absolute atomic E-state index is 5.60. The number of nitrogens with two attached hydrogens (primary N) is 1. The van der Waals surface area contributed by atoms with E-state index in [1.807, 2.05) is 24.3 Å². The van der Waals surface area contributed by atoms with Gasteiger partial charge in [-0.05, 0) is 17.5 Å². The van der Waals surface area contributed by atoms with Crippen LogP contribution in [0.25, 0.3) is 0 Å². The molecule has 0 fully saturated rings. The molecular formula is C14H19NO. The summed E-state index contributed by atoms with van der Waals surface area (Å²) in [5.41, 5.74) is 7.50. The fourth-order valence-corrected chi connectivity index (χ4v) is 1.32. The lowest BCUT2D eigenvalue weighted by molar-refractivity contribution is 0.0969. The molecule has 2 heteroatoms. The zero-order valence-corrected chi connectivity index (χ0v) is 9.99. The van der Waals surface area contributed by atoms with Crippen molar-refractivity contribution in [3.8, 4) is 11.8 Å². The average molecular weight is 217 g/mol. The van der Waals surface area contributed by atoms with E-state index in [0.29, 0.717) is 19.1 Å². The highest BCUT2D eigenvalue weighted by Crippen LogP contribution is 2.09. The summed E-state index contributed by atoms with van der Waals surface area (Å²) in [5, 5.41) is 0. The van der Waals surface area contributed by atoms with E-state index in [2.05, 4.69) is 25.7 Å². The first kappa shape index (κ1) is 12.8. The lowest BCUT2D eigenvalue weighted by Crippen LogP contribution is -2.03. The smallest absolute Gasteiger partial charge is 0.0729 e. The van der Waals surface area contributed by atoms with Crippen molar-refractivity contribution < 1.29 is 4.74 Å². The highest BCUT2D eigenvalue weighted by Gasteiger charge is 2.00. The van der Waals surface area contributed by atoms with Crippen LogP contribution in [0.3, 0.4) is 0 Å². The molecule has 1 aromatic rings. The topological polar surface area (TPSA) is 35.2 Å². The molecule has 0 bridgehead atoms. The monoisotopic (exact) mass is 217 g/mol. The number of rotatable bonds is 4. The molecule has 0 aliphatic heterocycles. The molecule has 1 aromatic carbocycles. The molecule has 0 aliphatic carbocycles. The second-order valence-corrected chi connectivity index (χ2v) is 4.07. The summed E-state index contributed by atoms with van der Waals surface area (Å²) in [7, 11) is 0. The Bertz CT molecular complexity index is 374. The van der Waals surface area contributed by atoms with Crippen molar-refractivity contribution in [3.05, 3.63) is 35.4 Å². The van der Waals surface area contributed by atoms with Crippen LogP contribution in [0.1, 0.15) is 25.0 Å². The fourth-order valence-electron chi connectivity index (χ4n) is 1.32. The molecule has 0 saturated heterocycles. The molecule has 16 heavy (non-hydrogen) atoms. The Labute approximate surface area is 97.8 Å². The summed E-state index contributed by atoms with van der Waals surface area (Å²) in [4.78, 5) is 0. The fraction of sp³-hybridized carbons (Fsp3) is 0.429. The van der Waals surface area contributed by atoms with Crippen LogP contribution >= 0.6 is 0 Å². The Kier molecular flexibility index (Phi) is 5.63. The molecule has 0 aliphatic rings. The Balaban J connectivity index is 2.64. The van der Waals surface area contributed by atoms with Gasteiger partial charge in [0.05, 0.1) is 13.2 Å². The van der Waals surface area contributed by atoms with Crippen molar-refractivity contribution in [3.63, 3.8) is 0 Å². The molecule has 0 amide bonds. The third-order valence-electron chi connectivity index (χ3n) is 2.05. The third-order valence-corrected chi connectivity index (χ3v) is 2.05. The van der Waals surface area contributed by atoms with E-state index in [9.17, 15) is 0 Å². The largest absolute Gasteiger partial charge is 0.376 e. The van der Waals surface area contributed by atoms with E-state index in [4.69, 9.17) is 10.5 Å². The molecule has 2 nitrogen and oxygen atoms in total. The number of hydrogen-bond acceptors (Lipinski definition) is 2. The molecule has 2 N–H and O–H groups in total. The van der Waals surface area contributed by atoms with E-state index < -0.39 is 0 Å². The van der Waals surface area contributed by atoms with E-state index in [1.54, 1.807) is 0 Å². The van der Waals surface area contributed by atoms with Crippen LogP contribution in [-0.2, 0) is 11.3 Å². The Morgan fingerprint density at radius 3 is 2.75 bits per heavy atom. The minimum Gasteiger partial charge on any atom is -0.376 e. The van der Waals surface area contributed by atoms with Gasteiger partial charge in [0.25, 0.3) is 0 Å². The van der Waals surface area contributed by atoms with Gasteiger partial charge < -0.3 is 10.5 Å². The van der Waals surface area contributed by atoms with Gasteiger partial charge in [0.1, 0.15) is 0 Å². The van der Waals surface area contributed by atoms with Gasteiger partial charge in [-0.1, -0.05) is 43.9 Å². The first-order valence-corrected chi connectivity index (χ1v) is 5.58. The van der Waals surface area contributed by atoms with Crippen molar-refractivity contribution in [2.75, 3.05) is 13.2 Å². The molecular weight excluding hydrogens is 198 g/mol. The van der Waals surface area contributed by atoms with Gasteiger partial charge in [0.2, 0.25) is 0 Å². The van der Waals surface area contributed by atoms with E-state index in [-0.39, 0.29) is 0 Å². The lowest BCUT2D eigenvalue weighted by atomic mass is 10.1. The second-order valence-electron chi connectivity index (χ2n) is 4.07. The predicted molar refractivity (Wildman–Crippen MR) is 66.9 cm³/mol. The van der Waals surface area contributed by atoms with Crippen molar-refractivity contribution in [1.29, 1.82) is 0 Å². The highest BCUT2D eigenvalue weighted by molar-refractivity contribution is 5.41. The second kappa shape index (κ2) is 7.05. The standard InChI is InChI=1S/C14H19NO/c1-12(2)10-16-11-14-7-4-3-6-13(14)8-5-9-15/h3-4,6-7,12H,9-11,15H2,1-2H3. The van der Waals surface area contributed by atoms with Crippen molar-refractivity contribution in [1.82, 2.24) is 0 Å². The van der Waals surface area contributed by atoms with Crippen LogP contribution in [-0.4, -0.2) is 13.2 Å². The summed E-state index contributed by atoms with van der Waals surface area (Å²) >= 11 is 0. The van der Waals surface area contributed by atoms with Gasteiger partial charge in [-0.2, -0.15) is 0 Å². The van der Waals surface area contributed by atoms with Gasteiger partial charge in [0.15, 0.2) is 0 Å². The third kappa shape index (κ3) is 4.48. The summed E-state index contributed by atoms with van der Waals surface area (Å²) in [6.07, 6.45) is 0. The summed E-state index contributed by atoms with van der Waals surface area (Å²) < 4.78 is 5.60. The Morgan fingerprint density at radius 2 is 2.06 bits per heavy atom. The molecule has 0 saturated carbocycles. The highest BCUT2D eigenvalue weighted by atomic mass is 16.5. The van der Waals surface area contributed by atoms with Crippen LogP contribution in [0.15, 0.2) is 24.3 Å². The van der Waals surface area contributed by atoms with Gasteiger partial charge in [-0.3, -0.25) is 0 Å². The van der Waals surface area contributed by atoms with Crippen molar-refractivity contribution >= 4 is 0 Å². The van der Waals surface area contributed by atoms with Crippen LogP contribution in [0.4, 0.5) is 0 Å². The number of hydrogen-bond donors (Lipinski definition) is 1. The average Bonchev–Trinajstić information content (AvgIpc) is 2.27. The molecule has 0 radical (unpaired) electrons. The maximum atomic E-state index is 5.60. The molecule has 0 heterocycles. The van der Waals surface area contributed by atoms with Crippen LogP contribution in [0.5, 0.6) is 0 Å². The molecule has 0 atom stereocenters. The lowest BCUT2D eigenvalue weighted by Gasteiger charge is -2.08. The van der Waals surface area contributed by atoms with E-state index in [1.165, 1.54) is 0 Å². The van der Waals surface area contributed by atoms with Crippen molar-refractivity contribution in [2.45, 2.75) is 20.5 Å². The van der Waals surface area contributed by atoms with Crippen LogP contribution in [0, 0.1) is 17.8 Å². The minimum atomic E-state index is 0.390. The van der Waals surface area contributed by atoms with Crippen molar-refractivity contribution in [2.24, 2.45) is 11.7 Å². The minimum absolute atomic E-state index is 0.390. The predicted octanol–water partition coefficient (Wildman–Crippen LogP) is 2.17. The van der Waals surface area contributed by atoms with Gasteiger partial charge in [-0.25, -0.2) is 0 Å². The van der Waals surface area contributed by atoms with Crippen LogP contribution in [0.2, 0.25) is 0 Å². The maximum Gasteiger partial charge on any atom is 0.0729 e. The first-order chi connectivity index (χ1) is 7.74. The SMILES string of the molecule is CC(C)COCc1ccccc1C#CCN. The quantitative estimate of drug-likeness (QED) is 0.784. The van der Waals surface area contributed by atoms with Gasteiger partial charge >= 0.3 is 0 Å². The van der Waals surface area contributed by atoms with E-state index in [0.717, 1.165) is 17.7 Å². The zero-order chi connectivity index (χ0) is 11.8. The van der Waals surface area contributed by atoms with Gasteiger partial charge in [0, 0.05) is 12.2 Å². The summed E-state index contributed by atoms with van der Waals surface area (Å²) in [5.74, 6) is 6.48. The zero-order valence-electron chi connectivity index (χ0n) is 9.99. The van der Waals surface area contributed by atoms with Crippen LogP contribution < -0.4 is 5.73 Å². The first-order valence-electron chi connectivity index (χ1n) is 5.58. The van der Waals surface area contributed by atoms with E-state index >= 15 is 0 Å². The molecule has 0 spiro atoms. The number of ether oxygens (including phenoxy) is 1. The molecule has 1 rings (SSSR count). The Morgan fingerprint density at radius 1 is 1.31 bits per heavy atom. The summed E-state index contributed by atoms with van der Waals surface area (Å²) in [6.45, 7) is 6.06. The molecule has 86 valence electrons. The van der Waals surface area contributed by atoms with Gasteiger partial charge in [-0.15, -0.1) is 0 Å².